The summed E-state index contributed by atoms with van der Waals surface area (Å²) < 4.78 is 0.826. The third kappa shape index (κ3) is 3.92. The first-order valence-electron chi connectivity index (χ1n) is 6.28. The molecule has 2 rings (SSSR count). The van der Waals surface area contributed by atoms with Gasteiger partial charge in [0.1, 0.15) is 0 Å². The van der Waals surface area contributed by atoms with Crippen molar-refractivity contribution < 1.29 is 19.8 Å². The minimum Gasteiger partial charge on any atom is -0.481 e. The smallest absolute Gasteiger partial charge is 0.335 e. The molecule has 0 heterocycles. The van der Waals surface area contributed by atoms with Gasteiger partial charge in [-0.15, -0.1) is 0 Å². The highest BCUT2D eigenvalue weighted by molar-refractivity contribution is 9.10. The predicted octanol–water partition coefficient (Wildman–Crippen LogP) is 3.56. The number of rotatable bonds is 5. The fourth-order valence-corrected chi connectivity index (χ4v) is 2.51. The van der Waals surface area contributed by atoms with Gasteiger partial charge in [-0.25, -0.2) is 4.79 Å². The average Bonchev–Trinajstić information content (AvgIpc) is 2.45. The van der Waals surface area contributed by atoms with E-state index < -0.39 is 17.9 Å². The van der Waals surface area contributed by atoms with Crippen LogP contribution in [-0.2, 0) is 11.2 Å². The number of halogens is 1. The zero-order valence-corrected chi connectivity index (χ0v) is 12.6. The van der Waals surface area contributed by atoms with Crippen LogP contribution in [0.3, 0.4) is 0 Å². The highest BCUT2D eigenvalue weighted by Crippen LogP contribution is 2.24. The third-order valence-electron chi connectivity index (χ3n) is 3.19. The van der Waals surface area contributed by atoms with Crippen LogP contribution in [0.15, 0.2) is 53.0 Å². The highest BCUT2D eigenvalue weighted by Gasteiger charge is 2.20. The fourth-order valence-electron chi connectivity index (χ4n) is 2.09. The van der Waals surface area contributed by atoms with E-state index in [1.54, 1.807) is 30.3 Å². The van der Waals surface area contributed by atoms with Gasteiger partial charge in [0.05, 0.1) is 11.5 Å². The van der Waals surface area contributed by atoms with Crippen molar-refractivity contribution in [1.82, 2.24) is 0 Å². The number of hydrogen-bond donors (Lipinski definition) is 2. The third-order valence-corrected chi connectivity index (χ3v) is 3.68. The van der Waals surface area contributed by atoms with Gasteiger partial charge < -0.3 is 10.2 Å². The summed E-state index contributed by atoms with van der Waals surface area (Å²) in [5.41, 5.74) is 1.68. The van der Waals surface area contributed by atoms with Crippen LogP contribution >= 0.6 is 15.9 Å². The SMILES string of the molecule is O=C(O)c1ccc(CC(C(=O)O)c2cccc(Br)c2)cc1. The molecule has 0 amide bonds. The molecule has 4 nitrogen and oxygen atoms in total. The van der Waals surface area contributed by atoms with E-state index in [1.807, 2.05) is 6.07 Å². The van der Waals surface area contributed by atoms with E-state index in [9.17, 15) is 14.7 Å². The van der Waals surface area contributed by atoms with Crippen LogP contribution in [0.4, 0.5) is 0 Å². The summed E-state index contributed by atoms with van der Waals surface area (Å²) in [5.74, 6) is -2.57. The number of aliphatic carboxylic acids is 1. The number of aromatic carboxylic acids is 1. The number of carboxylic acids is 2. The van der Waals surface area contributed by atoms with Gasteiger partial charge in [-0.2, -0.15) is 0 Å². The summed E-state index contributed by atoms with van der Waals surface area (Å²) in [4.78, 5) is 22.3. The number of carbonyl (C=O) groups is 2. The molecule has 21 heavy (non-hydrogen) atoms. The molecule has 0 spiro atoms. The number of benzene rings is 2. The van der Waals surface area contributed by atoms with E-state index >= 15 is 0 Å². The van der Waals surface area contributed by atoms with Crippen molar-refractivity contribution in [3.63, 3.8) is 0 Å². The Kier molecular flexibility index (Phi) is 4.75. The van der Waals surface area contributed by atoms with Crippen molar-refractivity contribution >= 4 is 27.9 Å². The molecule has 0 fully saturated rings. The van der Waals surface area contributed by atoms with Gasteiger partial charge in [-0.3, -0.25) is 4.79 Å². The average molecular weight is 349 g/mol. The Morgan fingerprint density at radius 3 is 2.24 bits per heavy atom. The Morgan fingerprint density at radius 2 is 1.71 bits per heavy atom. The van der Waals surface area contributed by atoms with Gasteiger partial charge in [0.15, 0.2) is 0 Å². The van der Waals surface area contributed by atoms with Gasteiger partial charge in [-0.05, 0) is 41.8 Å². The van der Waals surface area contributed by atoms with Crippen LogP contribution in [0, 0.1) is 0 Å². The van der Waals surface area contributed by atoms with Gasteiger partial charge in [-0.1, -0.05) is 40.2 Å². The molecule has 0 bridgehead atoms. The summed E-state index contributed by atoms with van der Waals surface area (Å²) >= 11 is 3.33. The standard InChI is InChI=1S/C16H13BrO4/c17-13-3-1-2-12(9-13)14(16(20)21)8-10-4-6-11(7-5-10)15(18)19/h1-7,9,14H,8H2,(H,18,19)(H,20,21). The molecule has 0 aliphatic heterocycles. The summed E-state index contributed by atoms with van der Waals surface area (Å²) in [6.45, 7) is 0. The minimum absolute atomic E-state index is 0.188. The van der Waals surface area contributed by atoms with Crippen LogP contribution in [0.25, 0.3) is 0 Å². The lowest BCUT2D eigenvalue weighted by atomic mass is 9.92. The second kappa shape index (κ2) is 6.54. The molecule has 2 aromatic rings. The lowest BCUT2D eigenvalue weighted by molar-refractivity contribution is -0.138. The van der Waals surface area contributed by atoms with Crippen molar-refractivity contribution in [2.45, 2.75) is 12.3 Å². The van der Waals surface area contributed by atoms with Crippen LogP contribution in [0.2, 0.25) is 0 Å². The van der Waals surface area contributed by atoms with Crippen LogP contribution < -0.4 is 0 Å². The zero-order valence-electron chi connectivity index (χ0n) is 11.0. The van der Waals surface area contributed by atoms with E-state index in [0.717, 1.165) is 10.0 Å². The van der Waals surface area contributed by atoms with Gasteiger partial charge in [0.2, 0.25) is 0 Å². The lowest BCUT2D eigenvalue weighted by Crippen LogP contribution is -2.14. The predicted molar refractivity (Wildman–Crippen MR) is 81.6 cm³/mol. The molecule has 2 aromatic carbocycles. The Morgan fingerprint density at radius 1 is 1.05 bits per heavy atom. The van der Waals surface area contributed by atoms with E-state index in [2.05, 4.69) is 15.9 Å². The molecule has 1 atom stereocenters. The molecule has 0 radical (unpaired) electrons. The van der Waals surface area contributed by atoms with Crippen molar-refractivity contribution in [2.75, 3.05) is 0 Å². The molecule has 5 heteroatoms. The normalized spacial score (nSPS) is 11.9. The minimum atomic E-state index is -0.997. The van der Waals surface area contributed by atoms with Crippen molar-refractivity contribution in [3.05, 3.63) is 69.7 Å². The summed E-state index contributed by atoms with van der Waals surface area (Å²) in [7, 11) is 0. The van der Waals surface area contributed by atoms with E-state index in [-0.39, 0.29) is 5.56 Å². The monoisotopic (exact) mass is 348 g/mol. The maximum absolute atomic E-state index is 11.5. The van der Waals surface area contributed by atoms with Gasteiger partial charge in [0.25, 0.3) is 0 Å². The van der Waals surface area contributed by atoms with Crippen LogP contribution in [0.5, 0.6) is 0 Å². The molecule has 0 saturated carbocycles. The molecule has 0 aromatic heterocycles. The summed E-state index contributed by atoms with van der Waals surface area (Å²) in [6, 6.07) is 13.5. The first-order chi connectivity index (χ1) is 9.97. The second-order valence-corrected chi connectivity index (χ2v) is 5.57. The second-order valence-electron chi connectivity index (χ2n) is 4.65. The van der Waals surface area contributed by atoms with Gasteiger partial charge in [0, 0.05) is 4.47 Å². The largest absolute Gasteiger partial charge is 0.481 e. The van der Waals surface area contributed by atoms with Gasteiger partial charge >= 0.3 is 11.9 Å². The van der Waals surface area contributed by atoms with E-state index in [0.29, 0.717) is 12.0 Å². The van der Waals surface area contributed by atoms with E-state index in [4.69, 9.17) is 5.11 Å². The maximum Gasteiger partial charge on any atom is 0.335 e. The molecular weight excluding hydrogens is 336 g/mol. The Balaban J connectivity index is 2.24. The molecule has 108 valence electrons. The molecule has 0 saturated heterocycles. The van der Waals surface area contributed by atoms with Crippen molar-refractivity contribution in [2.24, 2.45) is 0 Å². The quantitative estimate of drug-likeness (QED) is 0.866. The van der Waals surface area contributed by atoms with E-state index in [1.165, 1.54) is 12.1 Å². The van der Waals surface area contributed by atoms with Crippen LogP contribution in [-0.4, -0.2) is 22.2 Å². The molecule has 2 N–H and O–H groups in total. The van der Waals surface area contributed by atoms with Crippen molar-refractivity contribution in [1.29, 1.82) is 0 Å². The molecule has 0 aliphatic carbocycles. The number of hydrogen-bond acceptors (Lipinski definition) is 2. The van der Waals surface area contributed by atoms with Crippen LogP contribution in [0.1, 0.15) is 27.4 Å². The lowest BCUT2D eigenvalue weighted by Gasteiger charge is -2.13. The molecular formula is C16H13BrO4. The maximum atomic E-state index is 11.5. The zero-order chi connectivity index (χ0) is 15.4. The topological polar surface area (TPSA) is 74.6 Å². The molecule has 0 aliphatic rings. The van der Waals surface area contributed by atoms with Crippen molar-refractivity contribution in [3.8, 4) is 0 Å². The number of carboxylic acid groups (broad SMARTS) is 2. The first kappa shape index (κ1) is 15.3. The Bertz CT molecular complexity index is 664. The first-order valence-corrected chi connectivity index (χ1v) is 7.07. The highest BCUT2D eigenvalue weighted by atomic mass is 79.9. The summed E-state index contributed by atoms with van der Waals surface area (Å²) in [6.07, 6.45) is 0.311. The Labute approximate surface area is 130 Å². The molecule has 1 unspecified atom stereocenters. The Hall–Kier alpha value is -2.14. The summed E-state index contributed by atoms with van der Waals surface area (Å²) in [5, 5.41) is 18.3. The fraction of sp³-hybridized carbons (Fsp3) is 0.125.